The van der Waals surface area contributed by atoms with Crippen LogP contribution >= 0.6 is 15.9 Å². The van der Waals surface area contributed by atoms with Crippen LogP contribution in [0.4, 0.5) is 5.69 Å². The average Bonchev–Trinajstić information content (AvgIpc) is 2.73. The van der Waals surface area contributed by atoms with Crippen molar-refractivity contribution in [3.8, 4) is 0 Å². The van der Waals surface area contributed by atoms with E-state index in [-0.39, 0.29) is 5.56 Å². The Balaban J connectivity index is 1.61. The molecule has 30 heavy (non-hydrogen) atoms. The van der Waals surface area contributed by atoms with Crippen molar-refractivity contribution in [2.45, 2.75) is 60.2 Å². The van der Waals surface area contributed by atoms with Crippen molar-refractivity contribution in [2.24, 2.45) is 23.2 Å². The fourth-order valence-corrected chi connectivity index (χ4v) is 4.83. The topological polar surface area (TPSA) is 56.1 Å². The highest BCUT2D eigenvalue weighted by Gasteiger charge is 2.43. The van der Waals surface area contributed by atoms with E-state index in [2.05, 4.69) is 61.0 Å². The van der Waals surface area contributed by atoms with Gasteiger partial charge in [-0.2, -0.15) is 5.10 Å². The molecule has 2 aromatic rings. The molecule has 1 N–H and O–H groups in total. The van der Waals surface area contributed by atoms with Crippen molar-refractivity contribution >= 4 is 21.6 Å². The molecule has 1 saturated carbocycles. The second-order valence-electron chi connectivity index (χ2n) is 9.30. The summed E-state index contributed by atoms with van der Waals surface area (Å²) in [5, 5.41) is 7.97. The summed E-state index contributed by atoms with van der Waals surface area (Å²) in [5.41, 5.74) is 2.08. The molecule has 0 saturated heterocycles. The number of ether oxygens (including phenoxy) is 1. The molecule has 0 aliphatic heterocycles. The Kier molecular flexibility index (Phi) is 7.40. The van der Waals surface area contributed by atoms with E-state index < -0.39 is 0 Å². The highest BCUT2D eigenvalue weighted by molar-refractivity contribution is 9.10. The highest BCUT2D eigenvalue weighted by Crippen LogP contribution is 2.48. The molecule has 1 aromatic heterocycles. The number of anilines is 1. The van der Waals surface area contributed by atoms with Crippen molar-refractivity contribution in [2.75, 3.05) is 11.9 Å². The molecule has 0 unspecified atom stereocenters. The molecular formula is C24H34BrN3O2. The summed E-state index contributed by atoms with van der Waals surface area (Å²) in [4.78, 5) is 12.8. The van der Waals surface area contributed by atoms with Crippen molar-refractivity contribution < 1.29 is 4.74 Å². The number of rotatable bonds is 7. The van der Waals surface area contributed by atoms with Gasteiger partial charge in [-0.3, -0.25) is 4.79 Å². The average molecular weight is 476 g/mol. The van der Waals surface area contributed by atoms with Crippen LogP contribution in [0.15, 0.2) is 45.8 Å². The number of aromatic nitrogens is 2. The molecule has 0 spiro atoms. The van der Waals surface area contributed by atoms with Gasteiger partial charge in [-0.25, -0.2) is 4.68 Å². The van der Waals surface area contributed by atoms with Crippen LogP contribution in [0.1, 0.15) is 46.6 Å². The molecule has 0 amide bonds. The molecule has 1 aliphatic carbocycles. The van der Waals surface area contributed by atoms with E-state index in [0.29, 0.717) is 53.4 Å². The molecule has 1 fully saturated rings. The summed E-state index contributed by atoms with van der Waals surface area (Å²) in [5.74, 6) is 1.71. The Morgan fingerprint density at radius 3 is 2.63 bits per heavy atom. The van der Waals surface area contributed by atoms with Gasteiger partial charge in [-0.15, -0.1) is 0 Å². The molecule has 164 valence electrons. The van der Waals surface area contributed by atoms with Crippen molar-refractivity contribution in [3.05, 3.63) is 56.9 Å². The Bertz CT molecular complexity index is 897. The molecular weight excluding hydrogens is 442 g/mol. The van der Waals surface area contributed by atoms with E-state index in [9.17, 15) is 4.79 Å². The fourth-order valence-electron chi connectivity index (χ4n) is 4.40. The maximum absolute atomic E-state index is 12.8. The van der Waals surface area contributed by atoms with Crippen LogP contribution in [-0.4, -0.2) is 22.4 Å². The van der Waals surface area contributed by atoms with Crippen molar-refractivity contribution in [1.29, 1.82) is 0 Å². The summed E-state index contributed by atoms with van der Waals surface area (Å²) < 4.78 is 7.69. The quantitative estimate of drug-likeness (QED) is 0.548. The number of benzene rings is 1. The minimum atomic E-state index is -0.131. The van der Waals surface area contributed by atoms with E-state index in [4.69, 9.17) is 4.74 Å². The minimum Gasteiger partial charge on any atom is -0.380 e. The van der Waals surface area contributed by atoms with Crippen LogP contribution in [0.5, 0.6) is 0 Å². The van der Waals surface area contributed by atoms with Crippen LogP contribution in [-0.2, 0) is 17.9 Å². The second-order valence-corrected chi connectivity index (χ2v) is 10.1. The summed E-state index contributed by atoms with van der Waals surface area (Å²) in [6.45, 7) is 13.1. The standard InChI is InChI=1S/C24H34BrN3O2/c1-16-13-20(17(2)18(3)24(16,4)5)27-21-14-26-28(23(29)22(21)25)11-12-30-15-19-9-7-6-8-10-19/h6-10,14,16-18,20,27H,11-13,15H2,1-5H3/t16-,17+,18+,20+/m0/s1. The smallest absolute Gasteiger partial charge is 0.283 e. The zero-order valence-corrected chi connectivity index (χ0v) is 20.3. The van der Waals surface area contributed by atoms with Crippen LogP contribution in [0.2, 0.25) is 0 Å². The Hall–Kier alpha value is -1.66. The SMILES string of the molecule is C[C@@H]1[C@@H](C)C(C)(C)[C@@H](C)C[C@H]1Nc1cnn(CCOCc2ccccc2)c(=O)c1Br. The first-order valence-corrected chi connectivity index (χ1v) is 11.6. The van der Waals surface area contributed by atoms with Gasteiger partial charge >= 0.3 is 0 Å². The number of hydrogen-bond donors (Lipinski definition) is 1. The Morgan fingerprint density at radius 2 is 1.93 bits per heavy atom. The van der Waals surface area contributed by atoms with Gasteiger partial charge in [-0.1, -0.05) is 65.0 Å². The predicted octanol–water partition coefficient (Wildman–Crippen LogP) is 5.34. The van der Waals surface area contributed by atoms with Gasteiger partial charge in [0.2, 0.25) is 0 Å². The monoisotopic (exact) mass is 475 g/mol. The van der Waals surface area contributed by atoms with Crippen LogP contribution < -0.4 is 10.9 Å². The van der Waals surface area contributed by atoms with E-state index in [1.54, 1.807) is 6.20 Å². The summed E-state index contributed by atoms with van der Waals surface area (Å²) in [6, 6.07) is 10.3. The first-order valence-electron chi connectivity index (χ1n) is 10.9. The Morgan fingerprint density at radius 1 is 1.23 bits per heavy atom. The predicted molar refractivity (Wildman–Crippen MR) is 126 cm³/mol. The van der Waals surface area contributed by atoms with Crippen molar-refractivity contribution in [1.82, 2.24) is 9.78 Å². The molecule has 5 nitrogen and oxygen atoms in total. The lowest BCUT2D eigenvalue weighted by atomic mass is 9.58. The maximum Gasteiger partial charge on any atom is 0.283 e. The highest BCUT2D eigenvalue weighted by atomic mass is 79.9. The van der Waals surface area contributed by atoms with E-state index in [1.807, 2.05) is 30.3 Å². The lowest BCUT2D eigenvalue weighted by Gasteiger charge is -2.50. The molecule has 4 atom stereocenters. The summed E-state index contributed by atoms with van der Waals surface area (Å²) >= 11 is 3.50. The van der Waals surface area contributed by atoms with Gasteiger partial charge in [0.15, 0.2) is 0 Å². The first kappa shape index (κ1) is 23.0. The normalized spacial score (nSPS) is 25.8. The molecule has 0 radical (unpaired) electrons. The first-order chi connectivity index (χ1) is 14.2. The second kappa shape index (κ2) is 9.65. The van der Waals surface area contributed by atoms with Crippen molar-refractivity contribution in [3.63, 3.8) is 0 Å². The summed E-state index contributed by atoms with van der Waals surface area (Å²) in [6.07, 6.45) is 2.84. The van der Waals surface area contributed by atoms with E-state index in [1.165, 1.54) is 4.68 Å². The van der Waals surface area contributed by atoms with E-state index in [0.717, 1.165) is 17.7 Å². The number of hydrogen-bond acceptors (Lipinski definition) is 4. The van der Waals surface area contributed by atoms with Gasteiger partial charge in [0.1, 0.15) is 4.47 Å². The minimum absolute atomic E-state index is 0.131. The number of nitrogens with zero attached hydrogens (tertiary/aromatic N) is 2. The van der Waals surface area contributed by atoms with Gasteiger partial charge in [-0.05, 0) is 51.1 Å². The lowest BCUT2D eigenvalue weighted by Crippen LogP contribution is -2.48. The van der Waals surface area contributed by atoms with Crippen LogP contribution in [0.25, 0.3) is 0 Å². The zero-order chi connectivity index (χ0) is 21.9. The van der Waals surface area contributed by atoms with Gasteiger partial charge in [0.05, 0.1) is 31.6 Å². The zero-order valence-electron chi connectivity index (χ0n) is 18.7. The van der Waals surface area contributed by atoms with E-state index >= 15 is 0 Å². The van der Waals surface area contributed by atoms with Gasteiger partial charge < -0.3 is 10.1 Å². The third-order valence-electron chi connectivity index (χ3n) is 7.36. The molecule has 3 rings (SSSR count). The number of nitrogens with one attached hydrogen (secondary N) is 1. The lowest BCUT2D eigenvalue weighted by molar-refractivity contribution is 0.0316. The van der Waals surface area contributed by atoms with Crippen LogP contribution in [0.3, 0.4) is 0 Å². The fraction of sp³-hybridized carbons (Fsp3) is 0.583. The number of halogens is 1. The summed E-state index contributed by atoms with van der Waals surface area (Å²) in [7, 11) is 0. The largest absolute Gasteiger partial charge is 0.380 e. The van der Waals surface area contributed by atoms with Gasteiger partial charge in [0.25, 0.3) is 5.56 Å². The third kappa shape index (κ3) is 4.97. The third-order valence-corrected chi connectivity index (χ3v) is 8.13. The van der Waals surface area contributed by atoms with Crippen LogP contribution in [0, 0.1) is 23.2 Å². The molecule has 1 aromatic carbocycles. The maximum atomic E-state index is 12.8. The Labute approximate surface area is 188 Å². The molecule has 1 heterocycles. The molecule has 1 aliphatic rings. The molecule has 6 heteroatoms. The van der Waals surface area contributed by atoms with Gasteiger partial charge in [0, 0.05) is 6.04 Å². The molecule has 0 bridgehead atoms.